The largest absolute Gasteiger partial charge is 0.462 e. The second kappa shape index (κ2) is 22.6. The van der Waals surface area contributed by atoms with Crippen LogP contribution in [0.1, 0.15) is 131 Å². The minimum atomic E-state index is -0.444. The molecule has 0 fully saturated rings. The molecule has 2 rings (SSSR count). The highest BCUT2D eigenvalue weighted by Crippen LogP contribution is 2.14. The Balaban J connectivity index is 0.000000635. The van der Waals surface area contributed by atoms with Gasteiger partial charge in [-0.25, -0.2) is 9.59 Å². The van der Waals surface area contributed by atoms with Gasteiger partial charge >= 0.3 is 11.9 Å². The molecule has 0 unspecified atom stereocenters. The predicted octanol–water partition coefficient (Wildman–Crippen LogP) is 9.36. The van der Waals surface area contributed by atoms with Crippen LogP contribution in [0.2, 0.25) is 0 Å². The van der Waals surface area contributed by atoms with Crippen LogP contribution >= 0.6 is 0 Å². The van der Waals surface area contributed by atoms with Crippen LogP contribution in [0.3, 0.4) is 0 Å². The average Bonchev–Trinajstić information content (AvgIpc) is 2.93. The zero-order valence-corrected chi connectivity index (χ0v) is 23.6. The molecule has 2 aromatic carbocycles. The molecule has 0 amide bonds. The summed E-state index contributed by atoms with van der Waals surface area (Å²) in [5.41, 5.74) is 2.03. The molecule has 206 valence electrons. The van der Waals surface area contributed by atoms with E-state index in [9.17, 15) is 9.59 Å². The number of benzene rings is 2. The first kappa shape index (κ1) is 32.4. The summed E-state index contributed by atoms with van der Waals surface area (Å²) in [5, 5.41) is 0. The summed E-state index contributed by atoms with van der Waals surface area (Å²) in [5.74, 6) is -0.888. The molecule has 0 N–H and O–H groups in total. The van der Waals surface area contributed by atoms with Crippen LogP contribution in [0.15, 0.2) is 54.6 Å². The van der Waals surface area contributed by atoms with Gasteiger partial charge in [-0.3, -0.25) is 0 Å². The van der Waals surface area contributed by atoms with E-state index in [4.69, 9.17) is 9.47 Å². The zero-order valence-electron chi connectivity index (χ0n) is 23.6. The van der Waals surface area contributed by atoms with Crippen LogP contribution in [0.5, 0.6) is 0 Å². The summed E-state index contributed by atoms with van der Waals surface area (Å²) in [7, 11) is 0. The molecule has 0 heterocycles. The normalized spacial score (nSPS) is 10.4. The smallest absolute Gasteiger partial charge is 0.339 e. The third kappa shape index (κ3) is 16.0. The van der Waals surface area contributed by atoms with E-state index >= 15 is 0 Å². The molecule has 0 aromatic heterocycles. The van der Waals surface area contributed by atoms with Crippen molar-refractivity contribution in [1.29, 1.82) is 0 Å². The van der Waals surface area contributed by atoms with Crippen LogP contribution in [-0.4, -0.2) is 25.2 Å². The molecule has 4 heteroatoms. The van der Waals surface area contributed by atoms with Crippen LogP contribution in [0.25, 0.3) is 0 Å². The van der Waals surface area contributed by atoms with E-state index in [2.05, 4.69) is 51.1 Å². The van der Waals surface area contributed by atoms with Crippen molar-refractivity contribution in [2.24, 2.45) is 0 Å². The topological polar surface area (TPSA) is 52.6 Å². The first-order chi connectivity index (χ1) is 18.1. The molecule has 0 aliphatic carbocycles. The number of esters is 2. The van der Waals surface area contributed by atoms with Crippen molar-refractivity contribution >= 4 is 11.9 Å². The van der Waals surface area contributed by atoms with E-state index in [0.29, 0.717) is 24.3 Å². The molecule has 0 atom stereocenters. The second-order valence-electron chi connectivity index (χ2n) is 9.59. The summed E-state index contributed by atoms with van der Waals surface area (Å²) in [6.07, 6.45) is 16.1. The molecule has 0 saturated carbocycles. The Morgan fingerprint density at radius 2 is 0.919 bits per heavy atom. The number of rotatable bonds is 18. The minimum absolute atomic E-state index is 0.293. The molecular weight excluding hydrogens is 460 g/mol. The summed E-state index contributed by atoms with van der Waals surface area (Å²) in [6, 6.07) is 17.3. The Morgan fingerprint density at radius 3 is 1.35 bits per heavy atom. The van der Waals surface area contributed by atoms with E-state index in [-0.39, 0.29) is 0 Å². The van der Waals surface area contributed by atoms with Gasteiger partial charge in [0.05, 0.1) is 24.3 Å². The number of hydrogen-bond acceptors (Lipinski definition) is 4. The minimum Gasteiger partial charge on any atom is -0.462 e. The molecule has 37 heavy (non-hydrogen) atoms. The number of ether oxygens (including phenoxy) is 2. The SMILES string of the molecule is CCCCCCCCOC(=O)c1ccccc1C(=O)OCCCCCCCC.CCCc1ccccc1. The lowest BCUT2D eigenvalue weighted by Crippen LogP contribution is -2.15. The molecule has 0 saturated heterocycles. The number of carbonyl (C=O) groups excluding carboxylic acids is 2. The standard InChI is InChI=1S/C24H38O4.C9H12/c1-3-5-7-9-11-15-19-27-23(25)21-17-13-14-18-22(21)24(26)28-20-16-12-10-8-6-4-2;1-2-6-9-7-4-3-5-8-9/h13-14,17-18H,3-12,15-16,19-20H2,1-2H3;3-5,7-8H,2,6H2,1H3. The highest BCUT2D eigenvalue weighted by Gasteiger charge is 2.18. The maximum absolute atomic E-state index is 12.4. The summed E-state index contributed by atoms with van der Waals surface area (Å²) < 4.78 is 10.7. The second-order valence-corrected chi connectivity index (χ2v) is 9.59. The van der Waals surface area contributed by atoms with Gasteiger partial charge in [-0.1, -0.05) is 134 Å². The summed E-state index contributed by atoms with van der Waals surface area (Å²) >= 11 is 0. The Morgan fingerprint density at radius 1 is 0.514 bits per heavy atom. The first-order valence-electron chi connectivity index (χ1n) is 14.6. The van der Waals surface area contributed by atoms with Crippen LogP contribution < -0.4 is 0 Å². The van der Waals surface area contributed by atoms with Gasteiger partial charge in [-0.15, -0.1) is 0 Å². The van der Waals surface area contributed by atoms with Gasteiger partial charge in [0.1, 0.15) is 0 Å². The molecule has 0 radical (unpaired) electrons. The van der Waals surface area contributed by atoms with E-state index in [1.54, 1.807) is 24.3 Å². The van der Waals surface area contributed by atoms with Crippen molar-refractivity contribution in [2.75, 3.05) is 13.2 Å². The third-order valence-electron chi connectivity index (χ3n) is 6.21. The van der Waals surface area contributed by atoms with Gasteiger partial charge in [0, 0.05) is 0 Å². The predicted molar refractivity (Wildman–Crippen MR) is 154 cm³/mol. The van der Waals surface area contributed by atoms with E-state index in [0.717, 1.165) is 25.7 Å². The van der Waals surface area contributed by atoms with Crippen LogP contribution in [0.4, 0.5) is 0 Å². The molecule has 4 nitrogen and oxygen atoms in total. The molecule has 2 aromatic rings. The van der Waals surface area contributed by atoms with Crippen LogP contribution in [0, 0.1) is 0 Å². The fraction of sp³-hybridized carbons (Fsp3) is 0.576. The van der Waals surface area contributed by atoms with Gasteiger partial charge in [-0.2, -0.15) is 0 Å². The van der Waals surface area contributed by atoms with E-state index < -0.39 is 11.9 Å². The number of carbonyl (C=O) groups is 2. The van der Waals surface area contributed by atoms with Crippen LogP contribution in [-0.2, 0) is 15.9 Å². The van der Waals surface area contributed by atoms with E-state index in [1.807, 2.05) is 0 Å². The number of unbranched alkanes of at least 4 members (excludes halogenated alkanes) is 10. The van der Waals surface area contributed by atoms with Gasteiger partial charge in [-0.05, 0) is 37.0 Å². The van der Waals surface area contributed by atoms with Crippen molar-refractivity contribution in [1.82, 2.24) is 0 Å². The maximum atomic E-state index is 12.4. The van der Waals surface area contributed by atoms with Crippen molar-refractivity contribution in [3.05, 3.63) is 71.3 Å². The lowest BCUT2D eigenvalue weighted by molar-refractivity contribution is 0.0450. The third-order valence-corrected chi connectivity index (χ3v) is 6.21. The lowest BCUT2D eigenvalue weighted by atomic mass is 10.1. The summed E-state index contributed by atoms with van der Waals surface area (Å²) in [6.45, 7) is 7.38. The molecular formula is C33H50O4. The number of hydrogen-bond donors (Lipinski definition) is 0. The van der Waals surface area contributed by atoms with Gasteiger partial charge in [0.15, 0.2) is 0 Å². The molecule has 0 spiro atoms. The van der Waals surface area contributed by atoms with E-state index in [1.165, 1.54) is 69.8 Å². The molecule has 0 aliphatic rings. The van der Waals surface area contributed by atoms with Gasteiger partial charge in [0.2, 0.25) is 0 Å². The Bertz CT molecular complexity index is 782. The van der Waals surface area contributed by atoms with Crippen molar-refractivity contribution in [3.63, 3.8) is 0 Å². The van der Waals surface area contributed by atoms with Crippen molar-refractivity contribution in [3.8, 4) is 0 Å². The zero-order chi connectivity index (χ0) is 27.0. The van der Waals surface area contributed by atoms with Crippen molar-refractivity contribution in [2.45, 2.75) is 111 Å². The highest BCUT2D eigenvalue weighted by molar-refractivity contribution is 6.03. The first-order valence-corrected chi connectivity index (χ1v) is 14.6. The Kier molecular flexibility index (Phi) is 19.8. The fourth-order valence-electron chi connectivity index (χ4n) is 4.02. The lowest BCUT2D eigenvalue weighted by Gasteiger charge is -2.10. The summed E-state index contributed by atoms with van der Waals surface area (Å²) in [4.78, 5) is 24.7. The Hall–Kier alpha value is -2.62. The van der Waals surface area contributed by atoms with Crippen molar-refractivity contribution < 1.29 is 19.1 Å². The maximum Gasteiger partial charge on any atom is 0.339 e. The highest BCUT2D eigenvalue weighted by atomic mass is 16.5. The Labute approximate surface area is 226 Å². The van der Waals surface area contributed by atoms with Gasteiger partial charge < -0.3 is 9.47 Å². The average molecular weight is 511 g/mol. The number of aryl methyl sites for hydroxylation is 1. The monoisotopic (exact) mass is 510 g/mol. The quantitative estimate of drug-likeness (QED) is 0.148. The van der Waals surface area contributed by atoms with Gasteiger partial charge in [0.25, 0.3) is 0 Å². The molecule has 0 bridgehead atoms. The molecule has 0 aliphatic heterocycles. The fourth-order valence-corrected chi connectivity index (χ4v) is 4.02.